The molecule has 0 atom stereocenters. The molecular formula is C15H21N3O. The quantitative estimate of drug-likeness (QED) is 0.829. The largest absolute Gasteiger partial charge is 0.463 e. The fourth-order valence-electron chi connectivity index (χ4n) is 1.98. The maximum Gasteiger partial charge on any atom is 0.118 e. The minimum atomic E-state index is 0.794. The lowest BCUT2D eigenvalue weighted by atomic mass is 10.2. The first-order valence-electron chi connectivity index (χ1n) is 6.63. The molecule has 2 heterocycles. The van der Waals surface area contributed by atoms with E-state index in [2.05, 4.69) is 35.2 Å². The van der Waals surface area contributed by atoms with Crippen LogP contribution in [0.3, 0.4) is 0 Å². The topological polar surface area (TPSA) is 41.3 Å². The summed E-state index contributed by atoms with van der Waals surface area (Å²) >= 11 is 0. The summed E-state index contributed by atoms with van der Waals surface area (Å²) in [5, 5.41) is 3.26. The van der Waals surface area contributed by atoms with Crippen LogP contribution < -0.4 is 5.32 Å². The number of rotatable bonds is 7. The minimum Gasteiger partial charge on any atom is -0.463 e. The lowest BCUT2D eigenvalue weighted by Gasteiger charge is -2.14. The highest BCUT2D eigenvalue weighted by Gasteiger charge is 2.06. The maximum atomic E-state index is 5.77. The fourth-order valence-corrected chi connectivity index (χ4v) is 1.98. The SMILES string of the molecule is CCNCc1ccc(CN(C)Cc2cccnc2)o1. The van der Waals surface area contributed by atoms with Crippen LogP contribution in [0.15, 0.2) is 41.1 Å². The minimum absolute atomic E-state index is 0.794. The van der Waals surface area contributed by atoms with Gasteiger partial charge in [-0.1, -0.05) is 13.0 Å². The molecule has 19 heavy (non-hydrogen) atoms. The molecule has 102 valence electrons. The maximum absolute atomic E-state index is 5.77. The molecule has 2 aromatic heterocycles. The van der Waals surface area contributed by atoms with Crippen molar-refractivity contribution in [3.8, 4) is 0 Å². The molecule has 2 aromatic rings. The smallest absolute Gasteiger partial charge is 0.118 e. The van der Waals surface area contributed by atoms with E-state index in [-0.39, 0.29) is 0 Å². The third-order valence-electron chi connectivity index (χ3n) is 2.87. The van der Waals surface area contributed by atoms with Crippen LogP contribution in [0.4, 0.5) is 0 Å². The average Bonchev–Trinajstić information content (AvgIpc) is 2.85. The van der Waals surface area contributed by atoms with Gasteiger partial charge in [0.1, 0.15) is 11.5 Å². The fraction of sp³-hybridized carbons (Fsp3) is 0.400. The van der Waals surface area contributed by atoms with E-state index in [1.165, 1.54) is 5.56 Å². The van der Waals surface area contributed by atoms with Gasteiger partial charge in [0, 0.05) is 18.9 Å². The van der Waals surface area contributed by atoms with Crippen molar-refractivity contribution in [2.24, 2.45) is 0 Å². The predicted molar refractivity (Wildman–Crippen MR) is 75.5 cm³/mol. The van der Waals surface area contributed by atoms with Crippen molar-refractivity contribution >= 4 is 0 Å². The first kappa shape index (κ1) is 13.8. The van der Waals surface area contributed by atoms with E-state index in [1.807, 2.05) is 24.4 Å². The Morgan fingerprint density at radius 2 is 2.05 bits per heavy atom. The summed E-state index contributed by atoms with van der Waals surface area (Å²) in [5.41, 5.74) is 1.21. The van der Waals surface area contributed by atoms with Crippen molar-refractivity contribution in [1.82, 2.24) is 15.2 Å². The molecule has 0 aliphatic carbocycles. The van der Waals surface area contributed by atoms with Crippen LogP contribution in [0, 0.1) is 0 Å². The van der Waals surface area contributed by atoms with Crippen LogP contribution in [0.2, 0.25) is 0 Å². The second-order valence-corrected chi connectivity index (χ2v) is 4.68. The van der Waals surface area contributed by atoms with Gasteiger partial charge >= 0.3 is 0 Å². The molecule has 0 aromatic carbocycles. The van der Waals surface area contributed by atoms with Gasteiger partial charge in [0.25, 0.3) is 0 Å². The van der Waals surface area contributed by atoms with Crippen LogP contribution in [0.5, 0.6) is 0 Å². The highest BCUT2D eigenvalue weighted by molar-refractivity contribution is 5.10. The lowest BCUT2D eigenvalue weighted by Crippen LogP contribution is -2.17. The normalized spacial score (nSPS) is 11.1. The van der Waals surface area contributed by atoms with Crippen molar-refractivity contribution < 1.29 is 4.42 Å². The lowest BCUT2D eigenvalue weighted by molar-refractivity contribution is 0.282. The molecule has 0 radical (unpaired) electrons. The third kappa shape index (κ3) is 4.50. The van der Waals surface area contributed by atoms with E-state index >= 15 is 0 Å². The summed E-state index contributed by atoms with van der Waals surface area (Å²) in [6.45, 7) is 5.52. The molecule has 1 N–H and O–H groups in total. The molecule has 0 amide bonds. The number of nitrogens with zero attached hydrogens (tertiary/aromatic N) is 2. The van der Waals surface area contributed by atoms with E-state index in [0.29, 0.717) is 0 Å². The van der Waals surface area contributed by atoms with Gasteiger partial charge in [0.15, 0.2) is 0 Å². The molecule has 0 saturated carbocycles. The monoisotopic (exact) mass is 259 g/mol. The van der Waals surface area contributed by atoms with Crippen LogP contribution in [-0.2, 0) is 19.6 Å². The molecule has 0 aliphatic heterocycles. The molecule has 0 fully saturated rings. The van der Waals surface area contributed by atoms with E-state index < -0.39 is 0 Å². The summed E-state index contributed by atoms with van der Waals surface area (Å²) in [7, 11) is 2.08. The summed E-state index contributed by atoms with van der Waals surface area (Å²) in [6.07, 6.45) is 3.69. The van der Waals surface area contributed by atoms with Crippen LogP contribution in [0.25, 0.3) is 0 Å². The highest BCUT2D eigenvalue weighted by Crippen LogP contribution is 2.11. The molecule has 4 heteroatoms. The Bertz CT molecular complexity index is 481. The van der Waals surface area contributed by atoms with Gasteiger partial charge in [-0.05, 0) is 37.4 Å². The average molecular weight is 259 g/mol. The standard InChI is InChI=1S/C15H21N3O/c1-3-16-10-14-6-7-15(19-14)12-18(2)11-13-5-4-8-17-9-13/h4-9,16H,3,10-12H2,1-2H3. The Morgan fingerprint density at radius 3 is 2.79 bits per heavy atom. The van der Waals surface area contributed by atoms with E-state index in [1.54, 1.807) is 6.20 Å². The zero-order valence-corrected chi connectivity index (χ0v) is 11.6. The highest BCUT2D eigenvalue weighted by atomic mass is 16.3. The van der Waals surface area contributed by atoms with Gasteiger partial charge in [-0.25, -0.2) is 0 Å². The summed E-state index contributed by atoms with van der Waals surface area (Å²) in [4.78, 5) is 6.34. The van der Waals surface area contributed by atoms with Crippen molar-refractivity contribution in [1.29, 1.82) is 0 Å². The van der Waals surface area contributed by atoms with Crippen LogP contribution in [-0.4, -0.2) is 23.5 Å². The van der Waals surface area contributed by atoms with Gasteiger partial charge in [-0.2, -0.15) is 0 Å². The van der Waals surface area contributed by atoms with Crippen molar-refractivity contribution in [3.05, 3.63) is 53.7 Å². The van der Waals surface area contributed by atoms with Crippen molar-refractivity contribution in [2.75, 3.05) is 13.6 Å². The van der Waals surface area contributed by atoms with Gasteiger partial charge in [-0.15, -0.1) is 0 Å². The Hall–Kier alpha value is -1.65. The van der Waals surface area contributed by atoms with Crippen LogP contribution in [0.1, 0.15) is 24.0 Å². The van der Waals surface area contributed by atoms with E-state index in [4.69, 9.17) is 4.42 Å². The number of furan rings is 1. The summed E-state index contributed by atoms with van der Waals surface area (Å²) in [5.74, 6) is 1.99. The number of nitrogens with one attached hydrogen (secondary N) is 1. The summed E-state index contributed by atoms with van der Waals surface area (Å²) in [6, 6.07) is 8.13. The van der Waals surface area contributed by atoms with E-state index in [9.17, 15) is 0 Å². The van der Waals surface area contributed by atoms with Gasteiger partial charge in [0.05, 0.1) is 13.1 Å². The third-order valence-corrected chi connectivity index (χ3v) is 2.87. The van der Waals surface area contributed by atoms with Gasteiger partial charge in [-0.3, -0.25) is 9.88 Å². The Morgan fingerprint density at radius 1 is 1.21 bits per heavy atom. The van der Waals surface area contributed by atoms with Gasteiger partial charge < -0.3 is 9.73 Å². The van der Waals surface area contributed by atoms with Crippen molar-refractivity contribution in [2.45, 2.75) is 26.6 Å². The predicted octanol–water partition coefficient (Wildman–Crippen LogP) is 2.42. The zero-order valence-electron chi connectivity index (χ0n) is 11.6. The van der Waals surface area contributed by atoms with E-state index in [0.717, 1.165) is 37.7 Å². The summed E-state index contributed by atoms with van der Waals surface area (Å²) < 4.78 is 5.77. The van der Waals surface area contributed by atoms with Crippen LogP contribution >= 0.6 is 0 Å². The number of hydrogen-bond acceptors (Lipinski definition) is 4. The molecule has 0 spiro atoms. The number of hydrogen-bond donors (Lipinski definition) is 1. The number of pyridine rings is 1. The Kier molecular flexibility index (Phi) is 5.12. The molecule has 0 bridgehead atoms. The Labute approximate surface area is 114 Å². The molecule has 0 saturated heterocycles. The second kappa shape index (κ2) is 7.07. The number of aromatic nitrogens is 1. The molecule has 2 rings (SSSR count). The molecule has 0 unspecified atom stereocenters. The molecular weight excluding hydrogens is 238 g/mol. The first-order valence-corrected chi connectivity index (χ1v) is 6.63. The molecule has 4 nitrogen and oxygen atoms in total. The zero-order chi connectivity index (χ0) is 13.5. The van der Waals surface area contributed by atoms with Crippen molar-refractivity contribution in [3.63, 3.8) is 0 Å². The first-order chi connectivity index (χ1) is 9.28. The second-order valence-electron chi connectivity index (χ2n) is 4.68. The Balaban J connectivity index is 1.85. The molecule has 0 aliphatic rings. The van der Waals surface area contributed by atoms with Gasteiger partial charge in [0.2, 0.25) is 0 Å².